The number of hydrogen-bond donors (Lipinski definition) is 1. The number of rotatable bonds is 4. The van der Waals surface area contributed by atoms with Crippen LogP contribution in [0.2, 0.25) is 0 Å². The number of carbonyl (C=O) groups excluding carboxylic acids is 1. The van der Waals surface area contributed by atoms with Crippen LogP contribution in [-0.4, -0.2) is 37.8 Å². The van der Waals surface area contributed by atoms with Gasteiger partial charge in [0.05, 0.1) is 4.90 Å². The second-order valence-electron chi connectivity index (χ2n) is 7.14. The number of sulfonamides is 1. The van der Waals surface area contributed by atoms with Crippen LogP contribution in [0.25, 0.3) is 0 Å². The highest BCUT2D eigenvalue weighted by Crippen LogP contribution is 2.25. The van der Waals surface area contributed by atoms with Crippen molar-refractivity contribution >= 4 is 31.9 Å². The van der Waals surface area contributed by atoms with E-state index >= 15 is 0 Å². The summed E-state index contributed by atoms with van der Waals surface area (Å²) in [5.41, 5.74) is 0.699. The van der Waals surface area contributed by atoms with E-state index in [1.807, 2.05) is 0 Å². The van der Waals surface area contributed by atoms with Gasteiger partial charge >= 0.3 is 0 Å². The first-order valence-corrected chi connectivity index (χ1v) is 11.4. The first-order chi connectivity index (χ1) is 12.4. The van der Waals surface area contributed by atoms with E-state index in [0.717, 1.165) is 23.7 Å². The van der Waals surface area contributed by atoms with Crippen molar-refractivity contribution in [3.05, 3.63) is 40.4 Å². The van der Waals surface area contributed by atoms with Crippen molar-refractivity contribution in [2.24, 2.45) is 5.92 Å². The van der Waals surface area contributed by atoms with Crippen LogP contribution < -0.4 is 5.32 Å². The van der Waals surface area contributed by atoms with Crippen LogP contribution in [0.15, 0.2) is 45.3 Å². The number of nitrogens with one attached hydrogen (secondary N) is 1. The Kier molecular flexibility index (Phi) is 6.20. The Labute approximate surface area is 164 Å². The molecule has 1 aliphatic heterocycles. The Morgan fingerprint density at radius 3 is 2.50 bits per heavy atom. The predicted molar refractivity (Wildman–Crippen MR) is 105 cm³/mol. The molecule has 0 spiro atoms. The van der Waals surface area contributed by atoms with E-state index in [2.05, 4.69) is 28.2 Å². The summed E-state index contributed by atoms with van der Waals surface area (Å²) in [5, 5.41) is 3.15. The molecule has 0 radical (unpaired) electrons. The molecule has 2 atom stereocenters. The summed E-state index contributed by atoms with van der Waals surface area (Å²) in [6, 6.07) is 6.86. The zero-order valence-electron chi connectivity index (χ0n) is 14.9. The van der Waals surface area contributed by atoms with Gasteiger partial charge < -0.3 is 5.32 Å². The minimum atomic E-state index is -3.53. The maximum absolute atomic E-state index is 12.7. The second-order valence-corrected chi connectivity index (χ2v) is 9.99. The monoisotopic (exact) mass is 440 g/mol. The summed E-state index contributed by atoms with van der Waals surface area (Å²) in [6.45, 7) is 2.76. The van der Waals surface area contributed by atoms with E-state index in [0.29, 0.717) is 24.5 Å². The molecule has 1 aromatic rings. The van der Waals surface area contributed by atoms with E-state index in [9.17, 15) is 13.2 Å². The smallest absolute Gasteiger partial charge is 0.247 e. The molecule has 1 heterocycles. The quantitative estimate of drug-likeness (QED) is 0.778. The van der Waals surface area contributed by atoms with Gasteiger partial charge in [-0.15, -0.1) is 0 Å². The SMILES string of the molecule is C[C@@H]1CCCC[C@@H]1NC(=O)C1=CCN(S(=O)(=O)c2ccc(Br)cc2)CC1. The lowest BCUT2D eigenvalue weighted by Gasteiger charge is -2.31. The fraction of sp³-hybridized carbons (Fsp3) is 0.526. The Morgan fingerprint density at radius 2 is 1.88 bits per heavy atom. The lowest BCUT2D eigenvalue weighted by atomic mass is 9.85. The van der Waals surface area contributed by atoms with E-state index < -0.39 is 10.0 Å². The third kappa shape index (κ3) is 4.38. The van der Waals surface area contributed by atoms with Crippen LogP contribution in [0.5, 0.6) is 0 Å². The number of benzene rings is 1. The highest BCUT2D eigenvalue weighted by Gasteiger charge is 2.29. The molecule has 0 unspecified atom stereocenters. The van der Waals surface area contributed by atoms with Gasteiger partial charge in [0.25, 0.3) is 0 Å². The molecule has 2 aliphatic rings. The lowest BCUT2D eigenvalue weighted by molar-refractivity contribution is -0.119. The number of carbonyl (C=O) groups is 1. The third-order valence-electron chi connectivity index (χ3n) is 5.34. The Bertz CT molecular complexity index is 790. The fourth-order valence-electron chi connectivity index (χ4n) is 3.62. The molecule has 1 fully saturated rings. The number of halogens is 1. The van der Waals surface area contributed by atoms with Crippen molar-refractivity contribution < 1.29 is 13.2 Å². The van der Waals surface area contributed by atoms with Crippen LogP contribution in [0, 0.1) is 5.92 Å². The molecule has 1 saturated carbocycles. The molecule has 26 heavy (non-hydrogen) atoms. The van der Waals surface area contributed by atoms with Crippen molar-refractivity contribution in [2.45, 2.75) is 50.0 Å². The molecular formula is C19H25BrN2O3S. The van der Waals surface area contributed by atoms with E-state index in [4.69, 9.17) is 0 Å². The first kappa shape index (κ1) is 19.6. The standard InChI is InChI=1S/C19H25BrN2O3S/c1-14-4-2-3-5-18(14)21-19(23)15-10-12-22(13-11-15)26(24,25)17-8-6-16(20)7-9-17/h6-10,14,18H,2-5,11-13H2,1H3,(H,21,23)/t14-,18+/m1/s1. The zero-order valence-corrected chi connectivity index (χ0v) is 17.4. The summed E-state index contributed by atoms with van der Waals surface area (Å²) < 4.78 is 27.7. The number of amides is 1. The van der Waals surface area contributed by atoms with Crippen molar-refractivity contribution in [2.75, 3.05) is 13.1 Å². The van der Waals surface area contributed by atoms with E-state index in [1.165, 1.54) is 10.7 Å². The average molecular weight is 441 g/mol. The highest BCUT2D eigenvalue weighted by atomic mass is 79.9. The molecule has 0 saturated heterocycles. The Hall–Kier alpha value is -1.18. The molecular weight excluding hydrogens is 416 g/mol. The van der Waals surface area contributed by atoms with Crippen molar-refractivity contribution in [1.29, 1.82) is 0 Å². The molecule has 1 amide bonds. The largest absolute Gasteiger partial charge is 0.349 e. The predicted octanol–water partition coefficient (Wildman–Crippen LogP) is 3.46. The summed E-state index contributed by atoms with van der Waals surface area (Å²) in [7, 11) is -3.53. The normalized spacial score (nSPS) is 24.8. The maximum atomic E-state index is 12.7. The van der Waals surface area contributed by atoms with Crippen LogP contribution in [0.1, 0.15) is 39.0 Å². The second kappa shape index (κ2) is 8.23. The van der Waals surface area contributed by atoms with Crippen LogP contribution in [-0.2, 0) is 14.8 Å². The van der Waals surface area contributed by atoms with E-state index in [-0.39, 0.29) is 23.4 Å². The highest BCUT2D eigenvalue weighted by molar-refractivity contribution is 9.10. The van der Waals surface area contributed by atoms with Gasteiger partial charge in [-0.2, -0.15) is 4.31 Å². The molecule has 0 aromatic heterocycles. The van der Waals surface area contributed by atoms with Crippen molar-refractivity contribution in [3.63, 3.8) is 0 Å². The molecule has 3 rings (SSSR count). The van der Waals surface area contributed by atoms with Crippen molar-refractivity contribution in [1.82, 2.24) is 9.62 Å². The molecule has 1 aliphatic carbocycles. The number of hydrogen-bond acceptors (Lipinski definition) is 3. The molecule has 1 aromatic carbocycles. The van der Waals surface area contributed by atoms with Gasteiger partial charge in [0.15, 0.2) is 0 Å². The molecule has 1 N–H and O–H groups in total. The van der Waals surface area contributed by atoms with Gasteiger partial charge in [0, 0.05) is 29.2 Å². The van der Waals surface area contributed by atoms with Crippen LogP contribution in [0.3, 0.4) is 0 Å². The molecule has 7 heteroatoms. The van der Waals surface area contributed by atoms with E-state index in [1.54, 1.807) is 30.3 Å². The summed E-state index contributed by atoms with van der Waals surface area (Å²) in [6.07, 6.45) is 6.78. The topological polar surface area (TPSA) is 66.5 Å². The molecule has 142 valence electrons. The summed E-state index contributed by atoms with van der Waals surface area (Å²) in [5.74, 6) is 0.468. The summed E-state index contributed by atoms with van der Waals surface area (Å²) in [4.78, 5) is 12.8. The van der Waals surface area contributed by atoms with Crippen LogP contribution >= 0.6 is 15.9 Å². The van der Waals surface area contributed by atoms with Gasteiger partial charge in [-0.05, 0) is 49.4 Å². The molecule has 5 nitrogen and oxygen atoms in total. The Balaban J connectivity index is 1.64. The van der Waals surface area contributed by atoms with Gasteiger partial charge in [-0.25, -0.2) is 8.42 Å². The first-order valence-electron chi connectivity index (χ1n) is 9.13. The van der Waals surface area contributed by atoms with Gasteiger partial charge in [-0.3, -0.25) is 4.79 Å². The Morgan fingerprint density at radius 1 is 1.19 bits per heavy atom. The number of nitrogens with zero attached hydrogens (tertiary/aromatic N) is 1. The van der Waals surface area contributed by atoms with Crippen molar-refractivity contribution in [3.8, 4) is 0 Å². The minimum Gasteiger partial charge on any atom is -0.349 e. The molecule has 0 bridgehead atoms. The van der Waals surface area contributed by atoms with Gasteiger partial charge in [0.1, 0.15) is 0 Å². The van der Waals surface area contributed by atoms with Gasteiger partial charge in [0.2, 0.25) is 15.9 Å². The minimum absolute atomic E-state index is 0.0376. The maximum Gasteiger partial charge on any atom is 0.247 e. The average Bonchev–Trinajstić information content (AvgIpc) is 2.64. The summed E-state index contributed by atoms with van der Waals surface area (Å²) >= 11 is 3.31. The third-order valence-corrected chi connectivity index (χ3v) is 7.75. The lowest BCUT2D eigenvalue weighted by Crippen LogP contribution is -2.43. The van der Waals surface area contributed by atoms with Crippen LogP contribution in [0.4, 0.5) is 0 Å². The van der Waals surface area contributed by atoms with Gasteiger partial charge in [-0.1, -0.05) is 41.8 Å². The fourth-order valence-corrected chi connectivity index (χ4v) is 5.27. The zero-order chi connectivity index (χ0) is 18.7.